The van der Waals surface area contributed by atoms with E-state index in [1.165, 1.54) is 18.5 Å². The lowest BCUT2D eigenvalue weighted by Gasteiger charge is -2.05. The SMILES string of the molecule is O=C(Nc1ncc(F)cc1Br)c1ccncc1. The van der Waals surface area contributed by atoms with Gasteiger partial charge >= 0.3 is 0 Å². The van der Waals surface area contributed by atoms with Crippen molar-refractivity contribution in [3.05, 3.63) is 52.6 Å². The Morgan fingerprint density at radius 3 is 2.71 bits per heavy atom. The van der Waals surface area contributed by atoms with Crippen LogP contribution in [0.25, 0.3) is 0 Å². The minimum atomic E-state index is -0.473. The maximum Gasteiger partial charge on any atom is 0.256 e. The van der Waals surface area contributed by atoms with Crippen LogP contribution in [0.4, 0.5) is 10.2 Å². The number of rotatable bonds is 2. The third-order valence-corrected chi connectivity index (χ3v) is 2.59. The van der Waals surface area contributed by atoms with Gasteiger partial charge in [0, 0.05) is 18.0 Å². The fourth-order valence-corrected chi connectivity index (χ4v) is 1.61. The van der Waals surface area contributed by atoms with Crippen LogP contribution in [-0.2, 0) is 0 Å². The minimum absolute atomic E-state index is 0.271. The summed E-state index contributed by atoms with van der Waals surface area (Å²) in [6, 6.07) is 4.38. The Labute approximate surface area is 105 Å². The van der Waals surface area contributed by atoms with Gasteiger partial charge in [0.25, 0.3) is 5.91 Å². The van der Waals surface area contributed by atoms with Crippen LogP contribution in [0, 0.1) is 5.82 Å². The molecule has 0 aliphatic carbocycles. The van der Waals surface area contributed by atoms with Crippen LogP contribution in [0.5, 0.6) is 0 Å². The molecule has 0 aliphatic heterocycles. The van der Waals surface area contributed by atoms with Gasteiger partial charge in [-0.2, -0.15) is 0 Å². The van der Waals surface area contributed by atoms with Crippen molar-refractivity contribution in [2.24, 2.45) is 0 Å². The first-order valence-corrected chi connectivity index (χ1v) is 5.48. The Bertz CT molecular complexity index is 548. The monoisotopic (exact) mass is 295 g/mol. The summed E-state index contributed by atoms with van der Waals surface area (Å²) < 4.78 is 13.2. The van der Waals surface area contributed by atoms with Gasteiger partial charge in [-0.05, 0) is 34.1 Å². The van der Waals surface area contributed by atoms with E-state index < -0.39 is 5.82 Å². The number of nitrogens with zero attached hydrogens (tertiary/aromatic N) is 2. The van der Waals surface area contributed by atoms with Gasteiger partial charge in [0.2, 0.25) is 0 Å². The highest BCUT2D eigenvalue weighted by atomic mass is 79.9. The highest BCUT2D eigenvalue weighted by Crippen LogP contribution is 2.20. The summed E-state index contributed by atoms with van der Waals surface area (Å²) in [5, 5.41) is 2.56. The first kappa shape index (κ1) is 11.7. The zero-order chi connectivity index (χ0) is 12.3. The van der Waals surface area contributed by atoms with Crippen molar-refractivity contribution >= 4 is 27.7 Å². The summed E-state index contributed by atoms with van der Waals surface area (Å²) >= 11 is 3.12. The van der Waals surface area contributed by atoms with E-state index in [-0.39, 0.29) is 11.7 Å². The van der Waals surface area contributed by atoms with E-state index in [4.69, 9.17) is 0 Å². The molecule has 0 aliphatic rings. The number of pyridine rings is 2. The van der Waals surface area contributed by atoms with Crippen molar-refractivity contribution < 1.29 is 9.18 Å². The molecule has 86 valence electrons. The summed E-state index contributed by atoms with van der Waals surface area (Å²) in [7, 11) is 0. The second kappa shape index (κ2) is 5.01. The third kappa shape index (κ3) is 2.85. The molecule has 0 fully saturated rings. The molecule has 0 saturated carbocycles. The van der Waals surface area contributed by atoms with E-state index in [1.807, 2.05) is 0 Å². The van der Waals surface area contributed by atoms with Crippen molar-refractivity contribution in [2.75, 3.05) is 5.32 Å². The van der Waals surface area contributed by atoms with Crippen LogP contribution in [0.1, 0.15) is 10.4 Å². The summed E-state index contributed by atoms with van der Waals surface area (Å²) in [6.45, 7) is 0. The van der Waals surface area contributed by atoms with Gasteiger partial charge in [0.1, 0.15) is 11.6 Å². The highest BCUT2D eigenvalue weighted by molar-refractivity contribution is 9.10. The number of hydrogen-bond donors (Lipinski definition) is 1. The Balaban J connectivity index is 2.19. The molecule has 1 amide bonds. The van der Waals surface area contributed by atoms with Gasteiger partial charge in [-0.1, -0.05) is 0 Å². The Hall–Kier alpha value is -1.82. The van der Waals surface area contributed by atoms with Gasteiger partial charge in [0.05, 0.1) is 10.7 Å². The molecule has 0 atom stereocenters. The molecule has 2 aromatic heterocycles. The minimum Gasteiger partial charge on any atom is -0.306 e. The lowest BCUT2D eigenvalue weighted by atomic mass is 10.2. The van der Waals surface area contributed by atoms with Crippen LogP contribution < -0.4 is 5.32 Å². The largest absolute Gasteiger partial charge is 0.306 e. The second-order valence-corrected chi connectivity index (χ2v) is 4.03. The standard InChI is InChI=1S/C11H7BrFN3O/c12-9-5-8(13)6-15-10(9)16-11(17)7-1-3-14-4-2-7/h1-6H,(H,15,16,17). The molecule has 0 bridgehead atoms. The van der Waals surface area contributed by atoms with Gasteiger partial charge in [-0.3, -0.25) is 9.78 Å². The van der Waals surface area contributed by atoms with E-state index in [0.717, 1.165) is 6.20 Å². The van der Waals surface area contributed by atoms with Crippen LogP contribution in [0.3, 0.4) is 0 Å². The smallest absolute Gasteiger partial charge is 0.256 e. The predicted molar refractivity (Wildman–Crippen MR) is 64.1 cm³/mol. The molecule has 4 nitrogen and oxygen atoms in total. The first-order valence-electron chi connectivity index (χ1n) is 4.69. The maximum absolute atomic E-state index is 12.8. The first-order chi connectivity index (χ1) is 8.16. The van der Waals surface area contributed by atoms with Gasteiger partial charge in [0.15, 0.2) is 0 Å². The normalized spacial score (nSPS) is 10.0. The molecular formula is C11H7BrFN3O. The Morgan fingerprint density at radius 1 is 1.35 bits per heavy atom. The number of halogens is 2. The summed E-state index contributed by atoms with van der Waals surface area (Å²) in [6.07, 6.45) is 4.07. The summed E-state index contributed by atoms with van der Waals surface area (Å²) in [5.41, 5.74) is 0.457. The zero-order valence-electron chi connectivity index (χ0n) is 8.52. The molecule has 2 aromatic rings. The number of nitrogens with one attached hydrogen (secondary N) is 1. The van der Waals surface area contributed by atoms with E-state index in [1.54, 1.807) is 12.1 Å². The molecule has 0 radical (unpaired) electrons. The molecule has 0 unspecified atom stereocenters. The molecule has 2 rings (SSSR count). The quantitative estimate of drug-likeness (QED) is 0.927. The molecular weight excluding hydrogens is 289 g/mol. The summed E-state index contributed by atoms with van der Waals surface area (Å²) in [4.78, 5) is 19.3. The fourth-order valence-electron chi connectivity index (χ4n) is 1.19. The van der Waals surface area contributed by atoms with E-state index in [2.05, 4.69) is 31.2 Å². The number of carbonyl (C=O) groups excluding carboxylic acids is 1. The van der Waals surface area contributed by atoms with Crippen molar-refractivity contribution in [3.8, 4) is 0 Å². The van der Waals surface area contributed by atoms with Gasteiger partial charge in [-0.25, -0.2) is 9.37 Å². The number of carbonyl (C=O) groups is 1. The number of hydrogen-bond acceptors (Lipinski definition) is 3. The molecule has 2 heterocycles. The number of amides is 1. The van der Waals surface area contributed by atoms with Crippen molar-refractivity contribution in [3.63, 3.8) is 0 Å². The van der Waals surface area contributed by atoms with Gasteiger partial charge < -0.3 is 5.32 Å². The van der Waals surface area contributed by atoms with Crippen LogP contribution >= 0.6 is 15.9 Å². The predicted octanol–water partition coefficient (Wildman–Crippen LogP) is 2.63. The van der Waals surface area contributed by atoms with Gasteiger partial charge in [-0.15, -0.1) is 0 Å². The zero-order valence-corrected chi connectivity index (χ0v) is 10.1. The van der Waals surface area contributed by atoms with E-state index in [0.29, 0.717) is 10.0 Å². The number of aromatic nitrogens is 2. The topological polar surface area (TPSA) is 54.9 Å². The fraction of sp³-hybridized carbons (Fsp3) is 0. The molecule has 0 spiro atoms. The average Bonchev–Trinajstić information content (AvgIpc) is 2.34. The van der Waals surface area contributed by atoms with Crippen molar-refractivity contribution in [1.82, 2.24) is 9.97 Å². The molecule has 0 saturated heterocycles. The van der Waals surface area contributed by atoms with Crippen LogP contribution in [-0.4, -0.2) is 15.9 Å². The average molecular weight is 296 g/mol. The Kier molecular flexibility index (Phi) is 3.43. The van der Waals surface area contributed by atoms with Crippen molar-refractivity contribution in [2.45, 2.75) is 0 Å². The highest BCUT2D eigenvalue weighted by Gasteiger charge is 2.09. The number of anilines is 1. The lowest BCUT2D eigenvalue weighted by molar-refractivity contribution is 0.102. The van der Waals surface area contributed by atoms with E-state index >= 15 is 0 Å². The molecule has 6 heteroatoms. The third-order valence-electron chi connectivity index (χ3n) is 1.98. The lowest BCUT2D eigenvalue weighted by Crippen LogP contribution is -2.13. The summed E-state index contributed by atoms with van der Waals surface area (Å²) in [5.74, 6) is -0.529. The second-order valence-electron chi connectivity index (χ2n) is 3.17. The maximum atomic E-state index is 12.8. The van der Waals surface area contributed by atoms with E-state index in [9.17, 15) is 9.18 Å². The molecule has 17 heavy (non-hydrogen) atoms. The Morgan fingerprint density at radius 2 is 2.06 bits per heavy atom. The molecule has 0 aromatic carbocycles. The van der Waals surface area contributed by atoms with Crippen LogP contribution in [0.2, 0.25) is 0 Å². The molecule has 1 N–H and O–H groups in total. The van der Waals surface area contributed by atoms with Crippen molar-refractivity contribution in [1.29, 1.82) is 0 Å². The van der Waals surface area contributed by atoms with Crippen LogP contribution in [0.15, 0.2) is 41.3 Å².